The first-order chi connectivity index (χ1) is 51.8. The highest BCUT2D eigenvalue weighted by Crippen LogP contribution is 2.41. The number of amides is 3. The second kappa shape index (κ2) is 33.0. The van der Waals surface area contributed by atoms with Gasteiger partial charge in [-0.1, -0.05) is 92.5 Å². The Labute approximate surface area is 625 Å². The van der Waals surface area contributed by atoms with Gasteiger partial charge in [0.25, 0.3) is 0 Å². The fraction of sp³-hybridized carbons (Fsp3) is 0.378. The number of phenolic OH excluding ortho intramolecular Hbond substituents is 3. The Hall–Kier alpha value is -11.3. The van der Waals surface area contributed by atoms with Crippen LogP contribution in [0.3, 0.4) is 0 Å². The molecule has 6 aliphatic heterocycles. The van der Waals surface area contributed by atoms with Crippen LogP contribution < -0.4 is 38.9 Å². The van der Waals surface area contributed by atoms with E-state index in [1.54, 1.807) is 24.5 Å². The number of aromatic nitrogens is 6. The van der Waals surface area contributed by atoms with Crippen LogP contribution in [0.2, 0.25) is 0 Å². The van der Waals surface area contributed by atoms with Gasteiger partial charge in [-0.15, -0.1) is 0 Å². The van der Waals surface area contributed by atoms with Crippen LogP contribution in [0.25, 0.3) is 32.3 Å². The fourth-order valence-corrected chi connectivity index (χ4v) is 15.4. The highest BCUT2D eigenvalue weighted by atomic mass is 16.5. The summed E-state index contributed by atoms with van der Waals surface area (Å²) in [4.78, 5) is 88.4. The van der Waals surface area contributed by atoms with Crippen LogP contribution in [0.5, 0.6) is 29.3 Å². The van der Waals surface area contributed by atoms with E-state index in [4.69, 9.17) is 29.4 Å². The highest BCUT2D eigenvalue weighted by Gasteiger charge is 2.35. The average Bonchev–Trinajstić information content (AvgIpc) is 0.777. The molecule has 3 N–H and O–H groups in total. The van der Waals surface area contributed by atoms with Crippen LogP contribution in [0.4, 0.5) is 34.5 Å². The van der Waals surface area contributed by atoms with Gasteiger partial charge in [-0.2, -0.15) is 19.9 Å². The number of phenols is 3. The molecule has 25 nitrogen and oxygen atoms in total. The van der Waals surface area contributed by atoms with E-state index >= 15 is 0 Å². The number of carbonyl (C=O) groups excluding carboxylic acids is 3. The molecule has 2 atom stereocenters. The number of piperazine rings is 3. The lowest BCUT2D eigenvalue weighted by Crippen LogP contribution is -2.54. The fourth-order valence-electron chi connectivity index (χ4n) is 15.4. The topological polar surface area (TPSA) is 243 Å². The summed E-state index contributed by atoms with van der Waals surface area (Å²) in [5, 5.41) is 37.4. The minimum absolute atomic E-state index is 0.0154. The molecule has 0 spiro atoms. The molecule has 3 saturated heterocycles. The van der Waals surface area contributed by atoms with Crippen molar-refractivity contribution in [3.63, 3.8) is 0 Å². The molecule has 15 rings (SSSR count). The first-order valence-corrected chi connectivity index (χ1v) is 36.9. The molecule has 25 heteroatoms. The monoisotopic (exact) mass is 1450 g/mol. The minimum atomic E-state index is -0.0384. The summed E-state index contributed by atoms with van der Waals surface area (Å²) in [6.45, 7) is 28.6. The van der Waals surface area contributed by atoms with Crippen LogP contribution in [0.15, 0.2) is 153 Å². The molecule has 6 aliphatic rings. The van der Waals surface area contributed by atoms with Gasteiger partial charge in [0.2, 0.25) is 17.7 Å². The third kappa shape index (κ3) is 16.7. The molecule has 3 amide bonds. The van der Waals surface area contributed by atoms with E-state index in [9.17, 15) is 29.7 Å². The molecule has 558 valence electrons. The lowest BCUT2D eigenvalue weighted by molar-refractivity contribution is -0.129. The summed E-state index contributed by atoms with van der Waals surface area (Å²) >= 11 is 0. The molecule has 0 bridgehead atoms. The van der Waals surface area contributed by atoms with Crippen LogP contribution in [-0.4, -0.2) is 239 Å². The minimum Gasteiger partial charge on any atom is -0.508 e. The second-order valence-electron chi connectivity index (χ2n) is 28.6. The van der Waals surface area contributed by atoms with Gasteiger partial charge in [-0.3, -0.25) is 14.4 Å². The summed E-state index contributed by atoms with van der Waals surface area (Å²) < 4.78 is 12.0. The van der Waals surface area contributed by atoms with Crippen LogP contribution in [-0.2, 0) is 53.3 Å². The molecule has 9 aromatic rings. The number of ether oxygens (including phenoxy) is 2. The molecule has 6 aromatic carbocycles. The van der Waals surface area contributed by atoms with Gasteiger partial charge in [0.15, 0.2) is 0 Å². The van der Waals surface area contributed by atoms with E-state index in [0.29, 0.717) is 97.2 Å². The van der Waals surface area contributed by atoms with E-state index in [1.165, 1.54) is 23.8 Å². The SMILES string of the molecule is C=CC(=O)N1CCN(c2nc(OCCN(C)C)nc3c2CCN(c2cc(O)cc4ccccc24)C3)C[C@@H]1C.C=CC(=O)N1CCN(c2nc(OCCN(C)C)nc3c2CCN(c2cc(O)cc4ccccc24)C3)C[C@H]1C.C=CC(=O)N1CCN(c2ncnc3c2CCN(c2cc(O)cc4ccccc24)C3)CC1. The summed E-state index contributed by atoms with van der Waals surface area (Å²) in [6, 6.07) is 36.1. The van der Waals surface area contributed by atoms with Crippen molar-refractivity contribution in [2.45, 2.75) is 64.8 Å². The smallest absolute Gasteiger partial charge is 0.318 e. The van der Waals surface area contributed by atoms with Crippen molar-refractivity contribution in [3.8, 4) is 29.3 Å². The Bertz CT molecular complexity index is 4570. The molecular formula is C82H97N17O8. The molecule has 3 aromatic heterocycles. The van der Waals surface area contributed by atoms with Crippen molar-refractivity contribution < 1.29 is 39.2 Å². The third-order valence-corrected chi connectivity index (χ3v) is 20.9. The first-order valence-electron chi connectivity index (χ1n) is 36.9. The molecule has 0 saturated carbocycles. The van der Waals surface area contributed by atoms with Crippen molar-refractivity contribution in [2.75, 3.05) is 169 Å². The van der Waals surface area contributed by atoms with Crippen LogP contribution in [0, 0.1) is 0 Å². The molecule has 0 unspecified atom stereocenters. The second-order valence-corrected chi connectivity index (χ2v) is 28.6. The van der Waals surface area contributed by atoms with Crippen molar-refractivity contribution >= 4 is 84.6 Å². The molecule has 3 fully saturated rings. The molecule has 9 heterocycles. The maximum atomic E-state index is 12.3. The highest BCUT2D eigenvalue weighted by molar-refractivity contribution is 5.98. The molecule has 0 radical (unpaired) electrons. The Morgan fingerprint density at radius 1 is 0.449 bits per heavy atom. The van der Waals surface area contributed by atoms with E-state index in [0.717, 1.165) is 160 Å². The maximum absolute atomic E-state index is 12.3. The zero-order valence-electron chi connectivity index (χ0n) is 62.2. The molecular weight excluding hydrogens is 1350 g/mol. The van der Waals surface area contributed by atoms with E-state index in [-0.39, 0.29) is 47.1 Å². The average molecular weight is 1450 g/mol. The lowest BCUT2D eigenvalue weighted by Gasteiger charge is -2.41. The van der Waals surface area contributed by atoms with Gasteiger partial charge in [0, 0.05) is 178 Å². The number of aromatic hydroxyl groups is 3. The number of fused-ring (bicyclic) bond motifs is 6. The Kier molecular flexibility index (Phi) is 22.8. The maximum Gasteiger partial charge on any atom is 0.318 e. The zero-order chi connectivity index (χ0) is 75.0. The predicted molar refractivity (Wildman–Crippen MR) is 421 cm³/mol. The largest absolute Gasteiger partial charge is 0.508 e. The number of nitrogens with zero attached hydrogens (tertiary/aromatic N) is 17. The van der Waals surface area contributed by atoms with Crippen molar-refractivity contribution in [1.82, 2.24) is 54.4 Å². The lowest BCUT2D eigenvalue weighted by atomic mass is 10.0. The first kappa shape index (κ1) is 74.0. The van der Waals surface area contributed by atoms with Crippen LogP contribution >= 0.6 is 0 Å². The number of carbonyl (C=O) groups is 3. The number of benzene rings is 6. The Balaban J connectivity index is 0.000000143. The Morgan fingerprint density at radius 2 is 0.822 bits per heavy atom. The van der Waals surface area contributed by atoms with E-state index in [1.807, 2.05) is 116 Å². The van der Waals surface area contributed by atoms with Gasteiger partial charge in [-0.05, 0) is 114 Å². The van der Waals surface area contributed by atoms with Crippen LogP contribution in [0.1, 0.15) is 47.6 Å². The number of anilines is 6. The predicted octanol–water partition coefficient (Wildman–Crippen LogP) is 8.86. The van der Waals surface area contributed by atoms with Gasteiger partial charge < -0.3 is 78.7 Å². The number of rotatable bonds is 17. The van der Waals surface area contributed by atoms with Crippen molar-refractivity contribution in [2.24, 2.45) is 0 Å². The van der Waals surface area contributed by atoms with Crippen molar-refractivity contribution in [3.05, 3.63) is 187 Å². The molecule has 0 aliphatic carbocycles. The van der Waals surface area contributed by atoms with Gasteiger partial charge in [0.1, 0.15) is 54.2 Å². The van der Waals surface area contributed by atoms with Gasteiger partial charge in [-0.25, -0.2) is 9.97 Å². The van der Waals surface area contributed by atoms with E-state index in [2.05, 4.69) is 101 Å². The number of hydrogen-bond acceptors (Lipinski definition) is 22. The summed E-state index contributed by atoms with van der Waals surface area (Å²) in [7, 11) is 8.02. The van der Waals surface area contributed by atoms with Crippen molar-refractivity contribution in [1.29, 1.82) is 0 Å². The number of hydrogen-bond donors (Lipinski definition) is 3. The van der Waals surface area contributed by atoms with Gasteiger partial charge in [0.05, 0.1) is 36.7 Å². The summed E-state index contributed by atoms with van der Waals surface area (Å²) in [5.74, 6) is 3.46. The third-order valence-electron chi connectivity index (χ3n) is 20.9. The normalized spacial score (nSPS) is 17.2. The zero-order valence-corrected chi connectivity index (χ0v) is 62.2. The van der Waals surface area contributed by atoms with E-state index < -0.39 is 0 Å². The quantitative estimate of drug-likeness (QED) is 0.0721. The summed E-state index contributed by atoms with van der Waals surface area (Å²) in [6.07, 6.45) is 8.16. The number of likely N-dealkylation sites (N-methyl/N-ethyl adjacent to an activating group) is 2. The van der Waals surface area contributed by atoms with Gasteiger partial charge >= 0.3 is 12.0 Å². The summed E-state index contributed by atoms with van der Waals surface area (Å²) in [5.41, 5.74) is 9.34. The standard InChI is InChI=1S/2C29H36N6O3.C24H25N5O2/c2*1-5-27(37)35-13-12-34(18-20(35)2)28-24-10-11-33(19-25(24)30-29(31-28)38-15-14-32(3)4)26-17-22(36)16-21-8-6-7-9-23(21)26;1-2-23(31)27-9-11-28(12-10-27)24-20-7-8-29(15-21(20)25-16-26-24)22-14-18(30)13-17-5-3-4-6-19(17)22/h2*5-9,16-17,20,36H,1,10-15,18-19H2,2-4H3;2-6,13-14,16,30H,1,7-12,15H2/t2*20-;/m10./s1. The molecule has 107 heavy (non-hydrogen) atoms. The Morgan fingerprint density at radius 3 is 1.21 bits per heavy atom.